The van der Waals surface area contributed by atoms with Crippen molar-refractivity contribution in [3.05, 3.63) is 72.9 Å². The van der Waals surface area contributed by atoms with Crippen LogP contribution in [0.15, 0.2) is 72.9 Å². The molecular weight excluding hydrogens is 1180 g/mol. The molecule has 3 aliphatic heterocycles. The van der Waals surface area contributed by atoms with E-state index in [1.165, 1.54) is 148 Å². The van der Waals surface area contributed by atoms with Gasteiger partial charge in [-0.05, 0) is 64.2 Å². The first-order valence-corrected chi connectivity index (χ1v) is 36.2. The molecule has 3 aliphatic rings. The first-order chi connectivity index (χ1) is 44.8. The Morgan fingerprint density at radius 1 is 0.402 bits per heavy atom. The lowest BCUT2D eigenvalue weighted by molar-refractivity contribution is -0.379. The highest BCUT2D eigenvalue weighted by Gasteiger charge is 2.53. The average molecular weight is 1310 g/mol. The van der Waals surface area contributed by atoms with Gasteiger partial charge in [0.05, 0.1) is 38.6 Å². The van der Waals surface area contributed by atoms with Crippen LogP contribution < -0.4 is 5.32 Å². The quantitative estimate of drug-likeness (QED) is 0.0199. The van der Waals surface area contributed by atoms with E-state index >= 15 is 0 Å². The third-order valence-electron chi connectivity index (χ3n) is 17.7. The minimum Gasteiger partial charge on any atom is -0.394 e. The number of carbonyl (C=O) groups excluding carboxylic acids is 1. The molecule has 0 aromatic carbocycles. The van der Waals surface area contributed by atoms with Crippen molar-refractivity contribution in [1.82, 2.24) is 5.32 Å². The molecule has 17 unspecified atom stereocenters. The van der Waals surface area contributed by atoms with Crippen LogP contribution in [0.3, 0.4) is 0 Å². The van der Waals surface area contributed by atoms with Gasteiger partial charge in [0.25, 0.3) is 0 Å². The van der Waals surface area contributed by atoms with E-state index in [4.69, 9.17) is 28.4 Å². The zero-order valence-electron chi connectivity index (χ0n) is 56.5. The van der Waals surface area contributed by atoms with E-state index in [9.17, 15) is 61.0 Å². The Labute approximate surface area is 553 Å². The van der Waals surface area contributed by atoms with Gasteiger partial charge in [-0.2, -0.15) is 0 Å². The second-order valence-corrected chi connectivity index (χ2v) is 25.7. The Morgan fingerprint density at radius 2 is 0.761 bits per heavy atom. The first-order valence-electron chi connectivity index (χ1n) is 36.2. The van der Waals surface area contributed by atoms with Crippen molar-refractivity contribution in [2.75, 3.05) is 26.4 Å². The number of aliphatic hydroxyl groups excluding tert-OH is 11. The van der Waals surface area contributed by atoms with Crippen molar-refractivity contribution in [1.29, 1.82) is 0 Å². The Morgan fingerprint density at radius 3 is 1.22 bits per heavy atom. The monoisotopic (exact) mass is 1310 g/mol. The van der Waals surface area contributed by atoms with Gasteiger partial charge >= 0.3 is 0 Å². The van der Waals surface area contributed by atoms with Crippen LogP contribution in [0.4, 0.5) is 0 Å². The van der Waals surface area contributed by atoms with Gasteiger partial charge in [-0.3, -0.25) is 4.79 Å². The predicted molar refractivity (Wildman–Crippen MR) is 360 cm³/mol. The number of ether oxygens (including phenoxy) is 6. The summed E-state index contributed by atoms with van der Waals surface area (Å²) in [6.07, 6.45) is 42.6. The molecular formula is C73H129NO18. The molecule has 3 heterocycles. The minimum atomic E-state index is -1.98. The Kier molecular flexibility index (Phi) is 49.2. The fourth-order valence-electron chi connectivity index (χ4n) is 11.9. The van der Waals surface area contributed by atoms with Gasteiger partial charge in [-0.25, -0.2) is 0 Å². The van der Waals surface area contributed by atoms with Crippen LogP contribution in [0, 0.1) is 0 Å². The summed E-state index contributed by atoms with van der Waals surface area (Å²) in [6, 6.07) is -0.987. The zero-order chi connectivity index (χ0) is 66.8. The average Bonchev–Trinajstić information content (AvgIpc) is 0.830. The van der Waals surface area contributed by atoms with Crippen LogP contribution >= 0.6 is 0 Å². The van der Waals surface area contributed by atoms with Crippen LogP contribution in [0.1, 0.15) is 251 Å². The molecule has 0 aromatic heterocycles. The van der Waals surface area contributed by atoms with Gasteiger partial charge in [-0.1, -0.05) is 254 Å². The summed E-state index contributed by atoms with van der Waals surface area (Å²) >= 11 is 0. The number of rotatable bonds is 55. The maximum absolute atomic E-state index is 13.3. The SMILES string of the molecule is CC/C=C\C/C=C\C/C=C\C/C=C\CCCCCCCCCCCCCCCCCCCCCCCCCCCCC(=O)NC(COC1OC(CO)C(OC2OC(CO)C(OC3OC(CO)C(O)C(O)C3O)C(O)C2O)C(O)C1O)C(O)/C=C/CC/C=C/CCCC. The van der Waals surface area contributed by atoms with Gasteiger partial charge in [-0.15, -0.1) is 0 Å². The van der Waals surface area contributed by atoms with Crippen molar-refractivity contribution in [3.63, 3.8) is 0 Å². The fraction of sp³-hybridized carbons (Fsp3) is 0.822. The summed E-state index contributed by atoms with van der Waals surface area (Å²) in [5.74, 6) is -0.287. The number of nitrogens with one attached hydrogen (secondary N) is 1. The summed E-state index contributed by atoms with van der Waals surface area (Å²) in [5.41, 5.74) is 0. The molecule has 0 aromatic rings. The Hall–Kier alpha value is -2.77. The number of hydrogen-bond acceptors (Lipinski definition) is 18. The number of hydrogen-bond donors (Lipinski definition) is 12. The largest absolute Gasteiger partial charge is 0.394 e. The Balaban J connectivity index is 1.25. The highest BCUT2D eigenvalue weighted by molar-refractivity contribution is 5.76. The molecule has 0 spiro atoms. The lowest BCUT2D eigenvalue weighted by Gasteiger charge is -2.48. The molecule has 19 heteroatoms. The van der Waals surface area contributed by atoms with Crippen LogP contribution in [0.5, 0.6) is 0 Å². The molecule has 0 aliphatic carbocycles. The molecule has 3 saturated heterocycles. The van der Waals surface area contributed by atoms with Gasteiger partial charge < -0.3 is 89.9 Å². The highest BCUT2D eigenvalue weighted by Crippen LogP contribution is 2.33. The second-order valence-electron chi connectivity index (χ2n) is 25.7. The molecule has 534 valence electrons. The van der Waals surface area contributed by atoms with E-state index in [0.717, 1.165) is 70.6 Å². The number of amides is 1. The predicted octanol–water partition coefficient (Wildman–Crippen LogP) is 10.1. The fourth-order valence-corrected chi connectivity index (χ4v) is 11.9. The van der Waals surface area contributed by atoms with Crippen molar-refractivity contribution in [2.45, 2.75) is 356 Å². The van der Waals surface area contributed by atoms with Crippen LogP contribution in [-0.4, -0.2) is 193 Å². The maximum atomic E-state index is 13.3. The normalized spacial score (nSPS) is 28.1. The zero-order valence-corrected chi connectivity index (χ0v) is 56.5. The number of allylic oxidation sites excluding steroid dienone is 11. The third-order valence-corrected chi connectivity index (χ3v) is 17.7. The third kappa shape index (κ3) is 35.5. The van der Waals surface area contributed by atoms with Gasteiger partial charge in [0.15, 0.2) is 18.9 Å². The molecule has 1 amide bonds. The highest BCUT2D eigenvalue weighted by atomic mass is 16.8. The van der Waals surface area contributed by atoms with Crippen molar-refractivity contribution in [2.24, 2.45) is 0 Å². The summed E-state index contributed by atoms with van der Waals surface area (Å²) < 4.78 is 34.2. The number of aliphatic hydroxyl groups is 11. The lowest BCUT2D eigenvalue weighted by Crippen LogP contribution is -2.66. The smallest absolute Gasteiger partial charge is 0.220 e. The molecule has 17 atom stereocenters. The van der Waals surface area contributed by atoms with Crippen LogP contribution in [0.25, 0.3) is 0 Å². The minimum absolute atomic E-state index is 0.236. The number of carbonyl (C=O) groups is 1. The van der Waals surface area contributed by atoms with E-state index < -0.39 is 124 Å². The molecule has 3 fully saturated rings. The molecule has 0 bridgehead atoms. The summed E-state index contributed by atoms with van der Waals surface area (Å²) in [4.78, 5) is 13.3. The molecule has 0 radical (unpaired) electrons. The van der Waals surface area contributed by atoms with Crippen molar-refractivity contribution >= 4 is 5.91 Å². The summed E-state index contributed by atoms with van der Waals surface area (Å²) in [7, 11) is 0. The molecule has 92 heavy (non-hydrogen) atoms. The molecule has 12 N–H and O–H groups in total. The van der Waals surface area contributed by atoms with E-state index in [-0.39, 0.29) is 18.9 Å². The molecule has 3 rings (SSSR count). The van der Waals surface area contributed by atoms with Crippen molar-refractivity contribution < 1.29 is 89.4 Å². The first kappa shape index (κ1) is 83.5. The topological polar surface area (TPSA) is 307 Å². The summed E-state index contributed by atoms with van der Waals surface area (Å²) in [6.45, 7) is 1.51. The maximum Gasteiger partial charge on any atom is 0.220 e. The van der Waals surface area contributed by atoms with Gasteiger partial charge in [0.2, 0.25) is 5.91 Å². The molecule has 19 nitrogen and oxygen atoms in total. The van der Waals surface area contributed by atoms with E-state index in [2.05, 4.69) is 79.9 Å². The van der Waals surface area contributed by atoms with E-state index in [1.54, 1.807) is 6.08 Å². The Bertz CT molecular complexity index is 1950. The van der Waals surface area contributed by atoms with Gasteiger partial charge in [0.1, 0.15) is 73.2 Å². The summed E-state index contributed by atoms with van der Waals surface area (Å²) in [5, 5.41) is 120. The standard InChI is InChI=1S/C73H129NO18/c1-3-5-7-9-11-13-14-15-16-17-18-19-20-21-22-23-24-25-26-27-28-29-30-31-32-33-34-35-36-37-38-39-40-41-42-43-45-47-49-51-61(79)74-56(57(78)50-48-46-44-12-10-8-6-4-2)55-87-71-67(85)64(82)69(59(53-76)89-71)92-73-68(86)65(83)70(60(54-77)90-73)91-72-66(84)63(81)62(80)58(52-75)88-72/h5,7,10-13,15-16,18-19,48,50,56-60,62-73,75-78,80-86H,3-4,6,8-9,14,17,20-47,49,51-55H2,1-2H3,(H,74,79)/b7-5-,12-10+,13-11-,16-15-,19-18-,50-48+. The second kappa shape index (κ2) is 54.3. The van der Waals surface area contributed by atoms with E-state index in [1.807, 2.05) is 6.08 Å². The van der Waals surface area contributed by atoms with Gasteiger partial charge in [0, 0.05) is 6.42 Å². The molecule has 0 saturated carbocycles. The number of unbranched alkanes of at least 4 members (excludes halogenated alkanes) is 29. The van der Waals surface area contributed by atoms with Crippen LogP contribution in [-0.2, 0) is 33.2 Å². The van der Waals surface area contributed by atoms with Crippen LogP contribution in [0.2, 0.25) is 0 Å². The van der Waals surface area contributed by atoms with Crippen molar-refractivity contribution in [3.8, 4) is 0 Å². The lowest BCUT2D eigenvalue weighted by atomic mass is 9.96. The van der Waals surface area contributed by atoms with E-state index in [0.29, 0.717) is 12.8 Å².